The van der Waals surface area contributed by atoms with Crippen LogP contribution in [0, 0.1) is 5.92 Å². The molecule has 2 aliphatic rings. The fourth-order valence-electron chi connectivity index (χ4n) is 3.51. The van der Waals surface area contributed by atoms with Crippen molar-refractivity contribution in [3.8, 4) is 0 Å². The van der Waals surface area contributed by atoms with Gasteiger partial charge in [0.15, 0.2) is 0 Å². The van der Waals surface area contributed by atoms with E-state index in [0.29, 0.717) is 25.9 Å². The van der Waals surface area contributed by atoms with Crippen molar-refractivity contribution >= 4 is 12.0 Å². The van der Waals surface area contributed by atoms with Gasteiger partial charge < -0.3 is 19.9 Å². The molecule has 2 heterocycles. The summed E-state index contributed by atoms with van der Waals surface area (Å²) in [5.74, 6) is 0.140. The second kappa shape index (κ2) is 8.34. The monoisotopic (exact) mass is 345 g/mol. The molecule has 0 bridgehead atoms. The summed E-state index contributed by atoms with van der Waals surface area (Å²) in [6.45, 7) is 3.41. The molecule has 0 saturated carbocycles. The van der Waals surface area contributed by atoms with Crippen LogP contribution < -0.4 is 5.32 Å². The number of ether oxygens (including phenoxy) is 1. The van der Waals surface area contributed by atoms with Crippen LogP contribution >= 0.6 is 0 Å². The quantitative estimate of drug-likeness (QED) is 0.905. The van der Waals surface area contributed by atoms with Crippen molar-refractivity contribution in [3.05, 3.63) is 35.9 Å². The molecular formula is C19H27N3O3. The summed E-state index contributed by atoms with van der Waals surface area (Å²) in [5.41, 5.74) is 0.978. The van der Waals surface area contributed by atoms with Crippen LogP contribution in [0.15, 0.2) is 30.3 Å². The number of hydrogen-bond donors (Lipinski definition) is 1. The average molecular weight is 345 g/mol. The number of amides is 2. The number of carbonyl (C=O) groups excluding carboxylic acids is 2. The van der Waals surface area contributed by atoms with Crippen LogP contribution in [0.1, 0.15) is 24.8 Å². The lowest BCUT2D eigenvalue weighted by Gasteiger charge is -2.31. The Morgan fingerprint density at radius 2 is 1.84 bits per heavy atom. The topological polar surface area (TPSA) is 61.9 Å². The molecule has 1 aromatic rings. The summed E-state index contributed by atoms with van der Waals surface area (Å²) in [6.07, 6.45) is 2.14. The molecular weight excluding hydrogens is 318 g/mol. The summed E-state index contributed by atoms with van der Waals surface area (Å²) in [7, 11) is 2.08. The molecule has 25 heavy (non-hydrogen) atoms. The fourth-order valence-corrected chi connectivity index (χ4v) is 3.51. The van der Waals surface area contributed by atoms with E-state index in [2.05, 4.69) is 17.3 Å². The highest BCUT2D eigenvalue weighted by atomic mass is 16.6. The number of nitrogens with one attached hydrogen (secondary N) is 1. The van der Waals surface area contributed by atoms with Gasteiger partial charge in [-0.05, 0) is 38.4 Å². The predicted octanol–water partition coefficient (Wildman–Crippen LogP) is 1.86. The Morgan fingerprint density at radius 1 is 1.12 bits per heavy atom. The van der Waals surface area contributed by atoms with Gasteiger partial charge in [0.1, 0.15) is 6.61 Å². The zero-order chi connectivity index (χ0) is 17.6. The SMILES string of the molecule is CN1CC[C@@H](NC(=O)C2CCN(C(=O)OCc3ccccc3)CC2)C1. The molecule has 6 nitrogen and oxygen atoms in total. The van der Waals surface area contributed by atoms with E-state index in [1.54, 1.807) is 4.90 Å². The molecule has 1 atom stereocenters. The van der Waals surface area contributed by atoms with Crippen molar-refractivity contribution < 1.29 is 14.3 Å². The maximum Gasteiger partial charge on any atom is 0.410 e. The van der Waals surface area contributed by atoms with E-state index in [9.17, 15) is 9.59 Å². The van der Waals surface area contributed by atoms with Gasteiger partial charge in [0.25, 0.3) is 0 Å². The first-order valence-electron chi connectivity index (χ1n) is 9.06. The van der Waals surface area contributed by atoms with E-state index < -0.39 is 0 Å². The Kier molecular flexibility index (Phi) is 5.91. The Balaban J connectivity index is 1.39. The largest absolute Gasteiger partial charge is 0.445 e. The molecule has 0 unspecified atom stereocenters. The maximum absolute atomic E-state index is 12.4. The van der Waals surface area contributed by atoms with Crippen molar-refractivity contribution in [1.29, 1.82) is 0 Å². The van der Waals surface area contributed by atoms with Crippen molar-refractivity contribution in [2.45, 2.75) is 31.9 Å². The Labute approximate surface area is 149 Å². The van der Waals surface area contributed by atoms with Crippen LogP contribution in [0.4, 0.5) is 4.79 Å². The van der Waals surface area contributed by atoms with Gasteiger partial charge in [-0.2, -0.15) is 0 Å². The van der Waals surface area contributed by atoms with Crippen molar-refractivity contribution in [3.63, 3.8) is 0 Å². The van der Waals surface area contributed by atoms with Gasteiger partial charge in [-0.15, -0.1) is 0 Å². The van der Waals surface area contributed by atoms with E-state index in [0.717, 1.165) is 25.1 Å². The van der Waals surface area contributed by atoms with Crippen LogP contribution in [0.25, 0.3) is 0 Å². The molecule has 0 spiro atoms. The van der Waals surface area contributed by atoms with Crippen LogP contribution in [0.3, 0.4) is 0 Å². The molecule has 3 rings (SSSR count). The zero-order valence-corrected chi connectivity index (χ0v) is 14.8. The second-order valence-electron chi connectivity index (χ2n) is 7.06. The summed E-state index contributed by atoms with van der Waals surface area (Å²) in [4.78, 5) is 28.5. The smallest absolute Gasteiger partial charge is 0.410 e. The molecule has 1 N–H and O–H groups in total. The predicted molar refractivity (Wildman–Crippen MR) is 95.0 cm³/mol. The van der Waals surface area contributed by atoms with Gasteiger partial charge in [0.2, 0.25) is 5.91 Å². The highest BCUT2D eigenvalue weighted by Crippen LogP contribution is 2.19. The summed E-state index contributed by atoms with van der Waals surface area (Å²) < 4.78 is 5.36. The van der Waals surface area contributed by atoms with Crippen LogP contribution in [-0.4, -0.2) is 61.1 Å². The van der Waals surface area contributed by atoms with Gasteiger partial charge in [0, 0.05) is 31.6 Å². The third kappa shape index (κ3) is 4.95. The number of carbonyl (C=O) groups is 2. The Morgan fingerprint density at radius 3 is 2.48 bits per heavy atom. The molecule has 2 amide bonds. The number of likely N-dealkylation sites (N-methyl/N-ethyl adjacent to an activating group) is 1. The first-order chi connectivity index (χ1) is 12.1. The number of rotatable bonds is 4. The lowest BCUT2D eigenvalue weighted by molar-refractivity contribution is -0.127. The van der Waals surface area contributed by atoms with E-state index in [1.807, 2.05) is 30.3 Å². The third-order valence-electron chi connectivity index (χ3n) is 5.07. The number of hydrogen-bond acceptors (Lipinski definition) is 4. The molecule has 2 saturated heterocycles. The van der Waals surface area contributed by atoms with Crippen LogP contribution in [-0.2, 0) is 16.1 Å². The van der Waals surface area contributed by atoms with Crippen LogP contribution in [0.5, 0.6) is 0 Å². The first kappa shape index (κ1) is 17.7. The third-order valence-corrected chi connectivity index (χ3v) is 5.07. The zero-order valence-electron chi connectivity index (χ0n) is 14.8. The minimum atomic E-state index is -0.292. The minimum Gasteiger partial charge on any atom is -0.445 e. The lowest BCUT2D eigenvalue weighted by atomic mass is 9.96. The number of likely N-dealkylation sites (tertiary alicyclic amines) is 2. The molecule has 2 fully saturated rings. The van der Waals surface area contributed by atoms with Gasteiger partial charge >= 0.3 is 6.09 Å². The summed E-state index contributed by atoms with van der Waals surface area (Å²) in [6, 6.07) is 9.93. The molecule has 136 valence electrons. The number of piperidine rings is 1. The number of benzene rings is 1. The van der Waals surface area contributed by atoms with Gasteiger partial charge in [-0.25, -0.2) is 4.79 Å². The van der Waals surface area contributed by atoms with Gasteiger partial charge in [-0.3, -0.25) is 4.79 Å². The molecule has 0 aromatic heterocycles. The first-order valence-corrected chi connectivity index (χ1v) is 9.06. The van der Waals surface area contributed by atoms with Crippen molar-refractivity contribution in [2.75, 3.05) is 33.2 Å². The summed E-state index contributed by atoms with van der Waals surface area (Å²) >= 11 is 0. The molecule has 0 radical (unpaired) electrons. The molecule has 6 heteroatoms. The highest BCUT2D eigenvalue weighted by Gasteiger charge is 2.30. The second-order valence-corrected chi connectivity index (χ2v) is 7.06. The minimum absolute atomic E-state index is 0.00378. The fraction of sp³-hybridized carbons (Fsp3) is 0.579. The van der Waals surface area contributed by atoms with Crippen molar-refractivity contribution in [2.24, 2.45) is 5.92 Å². The average Bonchev–Trinajstić information content (AvgIpc) is 3.05. The van der Waals surface area contributed by atoms with E-state index in [-0.39, 0.29) is 30.6 Å². The number of nitrogens with zero attached hydrogens (tertiary/aromatic N) is 2. The molecule has 2 aliphatic heterocycles. The lowest BCUT2D eigenvalue weighted by Crippen LogP contribution is -2.46. The molecule has 0 aliphatic carbocycles. The molecule has 1 aromatic carbocycles. The van der Waals surface area contributed by atoms with E-state index in [1.165, 1.54) is 0 Å². The normalized spacial score (nSPS) is 22.0. The highest BCUT2D eigenvalue weighted by molar-refractivity contribution is 5.79. The van der Waals surface area contributed by atoms with Crippen molar-refractivity contribution in [1.82, 2.24) is 15.1 Å². The van der Waals surface area contributed by atoms with Crippen LogP contribution in [0.2, 0.25) is 0 Å². The van der Waals surface area contributed by atoms with E-state index >= 15 is 0 Å². The Bertz CT molecular complexity index is 585. The summed E-state index contributed by atoms with van der Waals surface area (Å²) in [5, 5.41) is 3.15. The Hall–Kier alpha value is -2.08. The van der Waals surface area contributed by atoms with Gasteiger partial charge in [-0.1, -0.05) is 30.3 Å². The van der Waals surface area contributed by atoms with E-state index in [4.69, 9.17) is 4.74 Å². The maximum atomic E-state index is 12.4. The standard InChI is InChI=1S/C19H27N3O3/c1-21-10-9-17(13-21)20-18(23)16-7-11-22(12-8-16)19(24)25-14-15-5-3-2-4-6-15/h2-6,16-17H,7-14H2,1H3,(H,20,23)/t17-/m1/s1. The van der Waals surface area contributed by atoms with Gasteiger partial charge in [0.05, 0.1) is 0 Å².